The normalized spacial score (nSPS) is 17.3. The number of ether oxygens (including phenoxy) is 2. The highest BCUT2D eigenvalue weighted by molar-refractivity contribution is 6.08. The molecule has 0 unspecified atom stereocenters. The standard InChI is InChI=1S/C39H39N2O4/c1-25(37(43)45-7)41-31-22-20-27-14-9-11-16-29(27)36(31)39(4,5)33(41)18-12-17-32-38(2,3)35-28-15-10-8-13-26(28)19-21-30(35)40(32)24-23-34(42)44-6/h8-22H,1,23-24H2,2-7H3/q+1. The van der Waals surface area contributed by atoms with Gasteiger partial charge in [0.05, 0.1) is 25.3 Å². The Kier molecular flexibility index (Phi) is 7.48. The van der Waals surface area contributed by atoms with Gasteiger partial charge < -0.3 is 14.4 Å². The lowest BCUT2D eigenvalue weighted by Gasteiger charge is -2.27. The number of allylic oxidation sites excluding steroid dienone is 4. The second-order valence-electron chi connectivity index (χ2n) is 12.7. The Hall–Kier alpha value is -4.97. The fourth-order valence-electron chi connectivity index (χ4n) is 7.24. The van der Waals surface area contributed by atoms with Gasteiger partial charge in [-0.25, -0.2) is 4.79 Å². The molecule has 4 aromatic carbocycles. The highest BCUT2D eigenvalue weighted by Crippen LogP contribution is 2.52. The molecule has 0 spiro atoms. The van der Waals surface area contributed by atoms with Crippen LogP contribution in [0.25, 0.3) is 21.5 Å². The first kappa shape index (κ1) is 30.1. The molecule has 0 saturated heterocycles. The van der Waals surface area contributed by atoms with Crippen LogP contribution in [0.2, 0.25) is 0 Å². The zero-order chi connectivity index (χ0) is 32.1. The van der Waals surface area contributed by atoms with E-state index in [0.29, 0.717) is 6.54 Å². The van der Waals surface area contributed by atoms with Crippen molar-refractivity contribution in [2.45, 2.75) is 44.9 Å². The van der Waals surface area contributed by atoms with Gasteiger partial charge in [0.1, 0.15) is 12.1 Å². The van der Waals surface area contributed by atoms with E-state index in [1.54, 1.807) is 0 Å². The number of benzene rings is 4. The molecule has 4 aromatic rings. The van der Waals surface area contributed by atoms with Gasteiger partial charge in [0.15, 0.2) is 12.3 Å². The van der Waals surface area contributed by atoms with Gasteiger partial charge in [0.2, 0.25) is 5.69 Å². The van der Waals surface area contributed by atoms with Crippen molar-refractivity contribution in [3.63, 3.8) is 0 Å². The highest BCUT2D eigenvalue weighted by atomic mass is 16.5. The molecule has 2 aliphatic rings. The van der Waals surface area contributed by atoms with E-state index in [1.807, 2.05) is 17.0 Å². The van der Waals surface area contributed by atoms with Crippen molar-refractivity contribution in [1.82, 2.24) is 0 Å². The fraction of sp³-hybridized carbons (Fsp3) is 0.256. The van der Waals surface area contributed by atoms with Gasteiger partial charge in [-0.2, -0.15) is 4.58 Å². The number of anilines is 1. The molecule has 0 aromatic heterocycles. The van der Waals surface area contributed by atoms with Crippen LogP contribution in [0.3, 0.4) is 0 Å². The van der Waals surface area contributed by atoms with E-state index >= 15 is 0 Å². The molecule has 0 amide bonds. The van der Waals surface area contributed by atoms with Gasteiger partial charge in [-0.3, -0.25) is 4.79 Å². The number of hydrogen-bond acceptors (Lipinski definition) is 5. The summed E-state index contributed by atoms with van der Waals surface area (Å²) in [4.78, 5) is 27.1. The number of esters is 2. The minimum atomic E-state index is -0.482. The molecule has 228 valence electrons. The fourth-order valence-corrected chi connectivity index (χ4v) is 7.24. The number of fused-ring (bicyclic) bond motifs is 6. The van der Waals surface area contributed by atoms with Gasteiger partial charge in [-0.1, -0.05) is 81.1 Å². The zero-order valence-electron chi connectivity index (χ0n) is 26.8. The molecular formula is C39H39N2O4+. The number of carbonyl (C=O) groups is 2. The third-order valence-electron chi connectivity index (χ3n) is 9.37. The van der Waals surface area contributed by atoms with Crippen molar-refractivity contribution >= 4 is 50.6 Å². The molecule has 45 heavy (non-hydrogen) atoms. The van der Waals surface area contributed by atoms with Crippen LogP contribution in [0.1, 0.15) is 45.2 Å². The van der Waals surface area contributed by atoms with E-state index in [1.165, 1.54) is 30.6 Å². The van der Waals surface area contributed by atoms with Crippen LogP contribution in [0, 0.1) is 0 Å². The van der Waals surface area contributed by atoms with Gasteiger partial charge >= 0.3 is 11.9 Å². The number of carbonyl (C=O) groups excluding carboxylic acids is 2. The Balaban J connectivity index is 1.50. The second-order valence-corrected chi connectivity index (χ2v) is 12.7. The summed E-state index contributed by atoms with van der Waals surface area (Å²) >= 11 is 0. The summed E-state index contributed by atoms with van der Waals surface area (Å²) in [5, 5.41) is 4.65. The van der Waals surface area contributed by atoms with Crippen LogP contribution < -0.4 is 4.90 Å². The van der Waals surface area contributed by atoms with Crippen molar-refractivity contribution in [3.05, 3.63) is 120 Å². The average Bonchev–Trinajstić information content (AvgIpc) is 3.41. The summed E-state index contributed by atoms with van der Waals surface area (Å²) in [7, 11) is 2.80. The number of hydrogen-bond donors (Lipinski definition) is 0. The quantitative estimate of drug-likeness (QED) is 0.123. The minimum Gasteiger partial charge on any atom is -0.469 e. The van der Waals surface area contributed by atoms with E-state index in [9.17, 15) is 9.59 Å². The summed E-state index contributed by atoms with van der Waals surface area (Å²) in [6.45, 7) is 13.5. The van der Waals surface area contributed by atoms with Crippen molar-refractivity contribution in [2.24, 2.45) is 0 Å². The van der Waals surface area contributed by atoms with Crippen LogP contribution in [-0.2, 0) is 29.9 Å². The smallest absolute Gasteiger partial charge is 0.354 e. The predicted molar refractivity (Wildman–Crippen MR) is 181 cm³/mol. The summed E-state index contributed by atoms with van der Waals surface area (Å²) < 4.78 is 12.4. The lowest BCUT2D eigenvalue weighted by Crippen LogP contribution is -2.29. The summed E-state index contributed by atoms with van der Waals surface area (Å²) in [6, 6.07) is 25.2. The Morgan fingerprint density at radius 2 is 1.44 bits per heavy atom. The van der Waals surface area contributed by atoms with Crippen LogP contribution in [0.5, 0.6) is 0 Å². The Labute approximate surface area is 264 Å². The monoisotopic (exact) mass is 599 g/mol. The lowest BCUT2D eigenvalue weighted by atomic mass is 9.79. The van der Waals surface area contributed by atoms with Gasteiger partial charge in [-0.05, 0) is 59.2 Å². The number of rotatable bonds is 7. The molecular weight excluding hydrogens is 560 g/mol. The van der Waals surface area contributed by atoms with Crippen molar-refractivity contribution in [2.75, 3.05) is 25.7 Å². The van der Waals surface area contributed by atoms with Crippen LogP contribution >= 0.6 is 0 Å². The molecule has 6 heteroatoms. The summed E-state index contributed by atoms with van der Waals surface area (Å²) in [5.41, 5.74) is 5.84. The van der Waals surface area contributed by atoms with Crippen LogP contribution in [0.4, 0.5) is 11.4 Å². The molecule has 0 N–H and O–H groups in total. The third kappa shape index (κ3) is 4.76. The third-order valence-corrected chi connectivity index (χ3v) is 9.37. The van der Waals surface area contributed by atoms with E-state index < -0.39 is 11.4 Å². The van der Waals surface area contributed by atoms with Crippen molar-refractivity contribution in [3.8, 4) is 0 Å². The maximum absolute atomic E-state index is 12.9. The Morgan fingerprint density at radius 3 is 2.09 bits per heavy atom. The van der Waals surface area contributed by atoms with Gasteiger partial charge in [0.25, 0.3) is 0 Å². The molecule has 6 nitrogen and oxygen atoms in total. The minimum absolute atomic E-state index is 0.248. The van der Waals surface area contributed by atoms with E-state index in [0.717, 1.165) is 39.1 Å². The summed E-state index contributed by atoms with van der Waals surface area (Å²) in [6.07, 6.45) is 6.53. The second kappa shape index (κ2) is 11.2. The number of nitrogens with zero attached hydrogens (tertiary/aromatic N) is 2. The molecule has 0 saturated carbocycles. The van der Waals surface area contributed by atoms with Crippen LogP contribution in [0.15, 0.2) is 109 Å². The maximum Gasteiger partial charge on any atom is 0.354 e. The molecule has 0 bridgehead atoms. The largest absolute Gasteiger partial charge is 0.469 e. The molecule has 0 fully saturated rings. The molecule has 0 radical (unpaired) electrons. The Bertz CT molecular complexity index is 1990. The first-order valence-corrected chi connectivity index (χ1v) is 15.2. The first-order valence-electron chi connectivity index (χ1n) is 15.2. The average molecular weight is 600 g/mol. The van der Waals surface area contributed by atoms with E-state index in [4.69, 9.17) is 9.47 Å². The van der Waals surface area contributed by atoms with Crippen LogP contribution in [-0.4, -0.2) is 43.0 Å². The molecule has 6 rings (SSSR count). The summed E-state index contributed by atoms with van der Waals surface area (Å²) in [5.74, 6) is -0.730. The Morgan fingerprint density at radius 1 is 0.822 bits per heavy atom. The van der Waals surface area contributed by atoms with Gasteiger partial charge in [0, 0.05) is 28.8 Å². The predicted octanol–water partition coefficient (Wildman–Crippen LogP) is 7.86. The highest BCUT2D eigenvalue weighted by Gasteiger charge is 2.46. The van der Waals surface area contributed by atoms with Gasteiger partial charge in [-0.15, -0.1) is 0 Å². The molecule has 0 aliphatic carbocycles. The lowest BCUT2D eigenvalue weighted by molar-refractivity contribution is -0.436. The topological polar surface area (TPSA) is 58.8 Å². The first-order chi connectivity index (χ1) is 21.5. The zero-order valence-corrected chi connectivity index (χ0v) is 26.8. The molecule has 2 aliphatic heterocycles. The number of methoxy groups -OCH3 is 2. The molecule has 0 atom stereocenters. The van der Waals surface area contributed by atoms with Crippen molar-refractivity contribution < 1.29 is 23.6 Å². The van der Waals surface area contributed by atoms with E-state index in [2.05, 4.69) is 118 Å². The van der Waals surface area contributed by atoms with Crippen molar-refractivity contribution in [1.29, 1.82) is 0 Å². The SMILES string of the molecule is C=C(C(=O)OC)N1/C(=C\C=C\C2=[N+](CCC(=O)OC)c3ccc4ccccc4c3C2(C)C)C(C)(C)c2c1ccc1ccccc21. The molecule has 2 heterocycles. The maximum atomic E-state index is 12.9. The van der Waals surface area contributed by atoms with E-state index in [-0.39, 0.29) is 23.5 Å².